The molecule has 1 unspecified atom stereocenters. The second kappa shape index (κ2) is 6.80. The molecule has 1 aromatic rings. The van der Waals surface area contributed by atoms with Gasteiger partial charge < -0.3 is 5.32 Å². The molecule has 94 valence electrons. The predicted molar refractivity (Wildman–Crippen MR) is 74.1 cm³/mol. The second-order valence-electron chi connectivity index (χ2n) is 5.29. The van der Waals surface area contributed by atoms with Crippen molar-refractivity contribution in [2.45, 2.75) is 51.5 Å². The first-order valence-electron chi connectivity index (χ1n) is 7.18. The highest BCUT2D eigenvalue weighted by atomic mass is 14.9. The number of hydrogen-bond acceptors (Lipinski definition) is 1. The normalized spacial score (nSPS) is 17.0. The molecule has 0 aromatic heterocycles. The third kappa shape index (κ3) is 4.51. The van der Waals surface area contributed by atoms with Gasteiger partial charge in [-0.1, -0.05) is 56.5 Å². The van der Waals surface area contributed by atoms with E-state index in [1.807, 2.05) is 0 Å². The Labute approximate surface area is 106 Å². The maximum absolute atomic E-state index is 3.72. The SMILES string of the molecule is CCCC(NCCCC1CC1)c1ccccc1. The van der Waals surface area contributed by atoms with Gasteiger partial charge in [-0.3, -0.25) is 0 Å². The van der Waals surface area contributed by atoms with Crippen molar-refractivity contribution >= 4 is 0 Å². The molecule has 0 spiro atoms. The van der Waals surface area contributed by atoms with E-state index in [0.717, 1.165) is 5.92 Å². The van der Waals surface area contributed by atoms with Gasteiger partial charge in [-0.05, 0) is 37.3 Å². The first-order chi connectivity index (χ1) is 8.40. The summed E-state index contributed by atoms with van der Waals surface area (Å²) in [5.74, 6) is 1.07. The summed E-state index contributed by atoms with van der Waals surface area (Å²) in [7, 11) is 0. The summed E-state index contributed by atoms with van der Waals surface area (Å²) in [5.41, 5.74) is 1.45. The predicted octanol–water partition coefficient (Wildman–Crippen LogP) is 4.31. The minimum absolute atomic E-state index is 0.556. The average Bonchev–Trinajstić information content (AvgIpc) is 3.18. The number of hydrogen-bond donors (Lipinski definition) is 1. The zero-order valence-electron chi connectivity index (χ0n) is 11.0. The van der Waals surface area contributed by atoms with Gasteiger partial charge in [0, 0.05) is 6.04 Å². The molecule has 1 atom stereocenters. The Morgan fingerprint density at radius 2 is 2.00 bits per heavy atom. The van der Waals surface area contributed by atoms with E-state index in [9.17, 15) is 0 Å². The zero-order chi connectivity index (χ0) is 11.9. The van der Waals surface area contributed by atoms with Gasteiger partial charge in [-0.2, -0.15) is 0 Å². The van der Waals surface area contributed by atoms with Crippen LogP contribution in [0.2, 0.25) is 0 Å². The van der Waals surface area contributed by atoms with Crippen molar-refractivity contribution in [2.24, 2.45) is 5.92 Å². The molecule has 17 heavy (non-hydrogen) atoms. The molecule has 1 nitrogen and oxygen atoms in total. The Kier molecular flexibility index (Phi) is 5.06. The summed E-state index contributed by atoms with van der Waals surface area (Å²) in [6, 6.07) is 11.4. The molecule has 1 aliphatic rings. The van der Waals surface area contributed by atoms with Gasteiger partial charge in [0.05, 0.1) is 0 Å². The lowest BCUT2D eigenvalue weighted by Gasteiger charge is -2.18. The summed E-state index contributed by atoms with van der Waals surface area (Å²) < 4.78 is 0. The fourth-order valence-electron chi connectivity index (χ4n) is 2.43. The van der Waals surface area contributed by atoms with Gasteiger partial charge in [-0.25, -0.2) is 0 Å². The van der Waals surface area contributed by atoms with Crippen LogP contribution in [0.25, 0.3) is 0 Å². The molecule has 0 heterocycles. The largest absolute Gasteiger partial charge is 0.310 e. The first-order valence-corrected chi connectivity index (χ1v) is 7.18. The Morgan fingerprint density at radius 3 is 2.65 bits per heavy atom. The lowest BCUT2D eigenvalue weighted by atomic mass is 10.0. The second-order valence-corrected chi connectivity index (χ2v) is 5.29. The van der Waals surface area contributed by atoms with Gasteiger partial charge >= 0.3 is 0 Å². The third-order valence-electron chi connectivity index (χ3n) is 3.66. The highest BCUT2D eigenvalue weighted by Crippen LogP contribution is 2.33. The number of benzene rings is 1. The summed E-state index contributed by atoms with van der Waals surface area (Å²) in [6.07, 6.45) is 8.23. The highest BCUT2D eigenvalue weighted by Gasteiger charge is 2.20. The molecule has 1 fully saturated rings. The summed E-state index contributed by atoms with van der Waals surface area (Å²) in [5, 5.41) is 3.72. The van der Waals surface area contributed by atoms with Crippen LogP contribution in [0.15, 0.2) is 30.3 Å². The van der Waals surface area contributed by atoms with Gasteiger partial charge in [0.1, 0.15) is 0 Å². The quantitative estimate of drug-likeness (QED) is 0.657. The van der Waals surface area contributed by atoms with Crippen LogP contribution in [0, 0.1) is 5.92 Å². The lowest BCUT2D eigenvalue weighted by molar-refractivity contribution is 0.476. The van der Waals surface area contributed by atoms with Crippen molar-refractivity contribution in [2.75, 3.05) is 6.54 Å². The minimum Gasteiger partial charge on any atom is -0.310 e. The van der Waals surface area contributed by atoms with Crippen LogP contribution in [0.5, 0.6) is 0 Å². The number of nitrogens with one attached hydrogen (secondary N) is 1. The van der Waals surface area contributed by atoms with E-state index < -0.39 is 0 Å². The molecule has 0 aliphatic heterocycles. The molecule has 1 aromatic carbocycles. The van der Waals surface area contributed by atoms with E-state index in [1.54, 1.807) is 0 Å². The van der Waals surface area contributed by atoms with Crippen LogP contribution in [0.3, 0.4) is 0 Å². The average molecular weight is 231 g/mol. The van der Waals surface area contributed by atoms with Crippen molar-refractivity contribution in [3.8, 4) is 0 Å². The van der Waals surface area contributed by atoms with Gasteiger partial charge in [0.2, 0.25) is 0 Å². The summed E-state index contributed by atoms with van der Waals surface area (Å²) in [4.78, 5) is 0. The molecule has 0 saturated heterocycles. The summed E-state index contributed by atoms with van der Waals surface area (Å²) in [6.45, 7) is 3.44. The molecule has 0 amide bonds. The Balaban J connectivity index is 1.75. The fraction of sp³-hybridized carbons (Fsp3) is 0.625. The van der Waals surface area contributed by atoms with Crippen LogP contribution >= 0.6 is 0 Å². The van der Waals surface area contributed by atoms with Gasteiger partial charge in [-0.15, -0.1) is 0 Å². The lowest BCUT2D eigenvalue weighted by Crippen LogP contribution is -2.22. The van der Waals surface area contributed by atoms with Crippen LogP contribution < -0.4 is 5.32 Å². The maximum atomic E-state index is 3.72. The van der Waals surface area contributed by atoms with Gasteiger partial charge in [0.25, 0.3) is 0 Å². The van der Waals surface area contributed by atoms with Crippen molar-refractivity contribution < 1.29 is 0 Å². The first kappa shape index (κ1) is 12.6. The standard InChI is InChI=1S/C16H25N/c1-2-7-16(15-9-4-3-5-10-15)17-13-6-8-14-11-12-14/h3-5,9-10,14,16-17H,2,6-8,11-13H2,1H3. The Hall–Kier alpha value is -0.820. The van der Waals surface area contributed by atoms with Crippen LogP contribution in [-0.2, 0) is 0 Å². The molecule has 1 N–H and O–H groups in total. The van der Waals surface area contributed by atoms with E-state index >= 15 is 0 Å². The van der Waals surface area contributed by atoms with E-state index in [1.165, 1.54) is 50.6 Å². The van der Waals surface area contributed by atoms with Crippen molar-refractivity contribution in [1.82, 2.24) is 5.32 Å². The smallest absolute Gasteiger partial charge is 0.0320 e. The molecule has 0 bridgehead atoms. The molecule has 1 saturated carbocycles. The minimum atomic E-state index is 0.556. The fourth-order valence-corrected chi connectivity index (χ4v) is 2.43. The van der Waals surface area contributed by atoms with Crippen molar-refractivity contribution in [3.05, 3.63) is 35.9 Å². The topological polar surface area (TPSA) is 12.0 Å². The molecule has 1 aliphatic carbocycles. The van der Waals surface area contributed by atoms with Crippen molar-refractivity contribution in [1.29, 1.82) is 0 Å². The Morgan fingerprint density at radius 1 is 1.24 bits per heavy atom. The van der Waals surface area contributed by atoms with Crippen molar-refractivity contribution in [3.63, 3.8) is 0 Å². The van der Waals surface area contributed by atoms with Crippen LogP contribution in [0.4, 0.5) is 0 Å². The van der Waals surface area contributed by atoms with Crippen LogP contribution in [0.1, 0.15) is 57.1 Å². The maximum Gasteiger partial charge on any atom is 0.0320 e. The van der Waals surface area contributed by atoms with Gasteiger partial charge in [0.15, 0.2) is 0 Å². The molecule has 0 radical (unpaired) electrons. The van der Waals surface area contributed by atoms with E-state index in [2.05, 4.69) is 42.6 Å². The Bertz CT molecular complexity index is 303. The van der Waals surface area contributed by atoms with E-state index in [4.69, 9.17) is 0 Å². The molecular formula is C16H25N. The molecule has 1 heteroatoms. The third-order valence-corrected chi connectivity index (χ3v) is 3.66. The monoisotopic (exact) mass is 231 g/mol. The van der Waals surface area contributed by atoms with E-state index in [-0.39, 0.29) is 0 Å². The zero-order valence-corrected chi connectivity index (χ0v) is 11.0. The molecular weight excluding hydrogens is 206 g/mol. The highest BCUT2D eigenvalue weighted by molar-refractivity contribution is 5.18. The van der Waals surface area contributed by atoms with E-state index in [0.29, 0.717) is 6.04 Å². The van der Waals surface area contributed by atoms with Crippen LogP contribution in [-0.4, -0.2) is 6.54 Å². The number of rotatable bonds is 8. The molecule has 2 rings (SSSR count). The summed E-state index contributed by atoms with van der Waals surface area (Å²) >= 11 is 0.